The average molecular weight is 479 g/mol. The Bertz CT molecular complexity index is 1540. The van der Waals surface area contributed by atoms with Gasteiger partial charge < -0.3 is 14.4 Å². The Morgan fingerprint density at radius 2 is 1.97 bits per heavy atom. The summed E-state index contributed by atoms with van der Waals surface area (Å²) in [7, 11) is 2.05. The van der Waals surface area contributed by atoms with E-state index in [2.05, 4.69) is 73.3 Å². The second kappa shape index (κ2) is 7.30. The van der Waals surface area contributed by atoms with Crippen LogP contribution in [0.3, 0.4) is 0 Å². The summed E-state index contributed by atoms with van der Waals surface area (Å²) in [4.78, 5) is 26.7. The first-order valence-electron chi connectivity index (χ1n) is 13.1. The van der Waals surface area contributed by atoms with Gasteiger partial charge in [0, 0.05) is 59.4 Å². The number of nitrogens with one attached hydrogen (secondary N) is 1. The number of Topliss-reactive ketones (excluding diaryl/α,β-unsaturated/α-hetero) is 1. The third-order valence-electron chi connectivity index (χ3n) is 10.00. The number of allylic oxidation sites excluding steroid dienone is 2. The number of piperidine rings is 1. The largest absolute Gasteiger partial charge is 0.357 e. The summed E-state index contributed by atoms with van der Waals surface area (Å²) in [5.41, 5.74) is 8.56. The van der Waals surface area contributed by atoms with Crippen molar-refractivity contribution in [3.8, 4) is 0 Å². The number of carbonyl (C=O) groups is 2. The number of quaternary nitrogens is 1. The molecule has 5 nitrogen and oxygen atoms in total. The minimum absolute atomic E-state index is 0.140. The Kier molecular flexibility index (Phi) is 4.42. The van der Waals surface area contributed by atoms with Crippen molar-refractivity contribution >= 4 is 28.7 Å². The van der Waals surface area contributed by atoms with Crippen LogP contribution in [-0.4, -0.2) is 46.8 Å². The third kappa shape index (κ3) is 2.49. The van der Waals surface area contributed by atoms with Gasteiger partial charge in [0.2, 0.25) is 5.78 Å². The lowest BCUT2D eigenvalue weighted by molar-refractivity contribution is -0.934. The number of aldehydes is 1. The molecule has 1 spiro atoms. The van der Waals surface area contributed by atoms with Crippen LogP contribution in [0.25, 0.3) is 10.9 Å². The Hall–Kier alpha value is -3.44. The number of benzene rings is 2. The molecule has 1 N–H and O–H groups in total. The lowest BCUT2D eigenvalue weighted by Gasteiger charge is -2.53. The summed E-state index contributed by atoms with van der Waals surface area (Å²) < 4.78 is 2.93. The molecule has 2 aromatic carbocycles. The molecule has 0 unspecified atom stereocenters. The van der Waals surface area contributed by atoms with Crippen molar-refractivity contribution in [1.82, 2.24) is 4.57 Å². The monoisotopic (exact) mass is 478 g/mol. The molecule has 3 aromatic rings. The zero-order valence-electron chi connectivity index (χ0n) is 21.2. The second-order valence-electron chi connectivity index (χ2n) is 11.2. The Labute approximate surface area is 211 Å². The normalized spacial score (nSPS) is 30.9. The van der Waals surface area contributed by atoms with Crippen molar-refractivity contribution in [2.45, 2.75) is 38.1 Å². The number of rotatable bonds is 4. The van der Waals surface area contributed by atoms with E-state index >= 15 is 0 Å². The molecule has 4 aliphatic rings. The number of carbonyl (C=O) groups excluding carboxylic acids is 2. The average Bonchev–Trinajstić information content (AvgIpc) is 3.50. The highest BCUT2D eigenvalue weighted by molar-refractivity contribution is 6.10. The highest BCUT2D eigenvalue weighted by Crippen LogP contribution is 2.63. The maximum absolute atomic E-state index is 14.2. The van der Waals surface area contributed by atoms with E-state index in [9.17, 15) is 9.59 Å². The molecule has 2 fully saturated rings. The van der Waals surface area contributed by atoms with Gasteiger partial charge in [-0.2, -0.15) is 0 Å². The number of hydrogen-bond acceptors (Lipinski definition) is 3. The molecular formula is C31H32N3O2+. The summed E-state index contributed by atoms with van der Waals surface area (Å²) in [6.07, 6.45) is 5.18. The van der Waals surface area contributed by atoms with E-state index in [4.69, 9.17) is 0 Å². The van der Waals surface area contributed by atoms with E-state index in [0.717, 1.165) is 75.8 Å². The number of nitrogens with zero attached hydrogens (tertiary/aromatic N) is 2. The van der Waals surface area contributed by atoms with Gasteiger partial charge in [0.15, 0.2) is 0 Å². The lowest BCUT2D eigenvalue weighted by atomic mass is 9.61. The van der Waals surface area contributed by atoms with E-state index < -0.39 is 0 Å². The zero-order valence-corrected chi connectivity index (χ0v) is 21.2. The van der Waals surface area contributed by atoms with Crippen molar-refractivity contribution < 1.29 is 14.1 Å². The fraction of sp³-hybridized carbons (Fsp3) is 0.355. The third-order valence-corrected chi connectivity index (χ3v) is 10.00. The van der Waals surface area contributed by atoms with E-state index in [-0.39, 0.29) is 23.2 Å². The SMILES string of the molecule is C/C=C1/C[N@+]2(CC(=O)c3c(C)n(C)c4ccccc34)CC[C@]34C(=C(C=O)[C@H]1C[C@@H]32)Nc1ccccc14. The highest BCUT2D eigenvalue weighted by Gasteiger charge is 2.68. The number of fused-ring (bicyclic) bond motifs is 3. The van der Waals surface area contributed by atoms with Crippen LogP contribution >= 0.6 is 0 Å². The van der Waals surface area contributed by atoms with Crippen molar-refractivity contribution in [3.05, 3.63) is 88.3 Å². The summed E-state index contributed by atoms with van der Waals surface area (Å²) in [6.45, 7) is 6.44. The van der Waals surface area contributed by atoms with Crippen LogP contribution in [-0.2, 0) is 17.3 Å². The molecule has 0 amide bonds. The first-order valence-corrected chi connectivity index (χ1v) is 13.1. The maximum Gasteiger partial charge on any atom is 0.219 e. The van der Waals surface area contributed by atoms with Crippen LogP contribution in [0.15, 0.2) is 71.5 Å². The Morgan fingerprint density at radius 3 is 2.78 bits per heavy atom. The number of anilines is 1. The zero-order chi connectivity index (χ0) is 24.8. The van der Waals surface area contributed by atoms with Crippen molar-refractivity contribution in [2.24, 2.45) is 13.0 Å². The van der Waals surface area contributed by atoms with Crippen molar-refractivity contribution in [1.29, 1.82) is 0 Å². The second-order valence-corrected chi connectivity index (χ2v) is 11.2. The molecule has 5 heteroatoms. The summed E-state index contributed by atoms with van der Waals surface area (Å²) in [5.74, 6) is 0.377. The van der Waals surface area contributed by atoms with Gasteiger partial charge in [-0.25, -0.2) is 0 Å². The molecular weight excluding hydrogens is 446 g/mol. The standard InChI is InChI=1S/C31H31N3O2/c1-4-20-16-34(17-27(36)29-19(2)33(3)26-12-8-5-9-21(26)29)14-13-31-24-10-6-7-11-25(24)32-30(31)23(18-35)22(20)15-28(31)34/h4-12,18,22,28H,13-17H2,1-3H3/p+1/b20-4-/t22-,28-,31+,34-/m0/s1. The topological polar surface area (TPSA) is 51.1 Å². The molecule has 0 radical (unpaired) electrons. The molecule has 7 rings (SSSR count). The van der Waals surface area contributed by atoms with E-state index in [1.807, 2.05) is 12.1 Å². The fourth-order valence-electron chi connectivity index (χ4n) is 8.37. The Morgan fingerprint density at radius 1 is 1.19 bits per heavy atom. The minimum atomic E-state index is -0.212. The summed E-state index contributed by atoms with van der Waals surface area (Å²) in [5, 5.41) is 4.74. The van der Waals surface area contributed by atoms with Crippen LogP contribution in [0.1, 0.15) is 41.4 Å². The predicted octanol–water partition coefficient (Wildman–Crippen LogP) is 5.05. The Balaban J connectivity index is 1.39. The summed E-state index contributed by atoms with van der Waals surface area (Å²) >= 11 is 0. The van der Waals surface area contributed by atoms with Gasteiger partial charge in [0.1, 0.15) is 25.4 Å². The van der Waals surface area contributed by atoms with Crippen LogP contribution in [0.2, 0.25) is 0 Å². The highest BCUT2D eigenvalue weighted by atomic mass is 16.1. The first-order chi connectivity index (χ1) is 17.4. The van der Waals surface area contributed by atoms with Gasteiger partial charge in [-0.05, 0) is 37.1 Å². The van der Waals surface area contributed by atoms with E-state index in [1.54, 1.807) is 0 Å². The maximum atomic E-state index is 14.2. The van der Waals surface area contributed by atoms with Gasteiger partial charge in [-0.1, -0.05) is 42.5 Å². The molecule has 2 bridgehead atoms. The van der Waals surface area contributed by atoms with E-state index in [0.29, 0.717) is 6.54 Å². The van der Waals surface area contributed by atoms with E-state index in [1.165, 1.54) is 11.1 Å². The molecule has 4 heterocycles. The van der Waals surface area contributed by atoms with Gasteiger partial charge in [-0.15, -0.1) is 0 Å². The van der Waals surface area contributed by atoms with Gasteiger partial charge in [0.25, 0.3) is 0 Å². The predicted molar refractivity (Wildman–Crippen MR) is 142 cm³/mol. The van der Waals surface area contributed by atoms with Crippen LogP contribution < -0.4 is 5.32 Å². The minimum Gasteiger partial charge on any atom is -0.357 e. The van der Waals surface area contributed by atoms with Crippen LogP contribution in [0, 0.1) is 12.8 Å². The molecule has 3 aliphatic heterocycles. The van der Waals surface area contributed by atoms with Crippen LogP contribution in [0.4, 0.5) is 5.69 Å². The number of aryl methyl sites for hydroxylation is 1. The van der Waals surface area contributed by atoms with Crippen molar-refractivity contribution in [2.75, 3.05) is 25.0 Å². The van der Waals surface area contributed by atoms with Gasteiger partial charge >= 0.3 is 0 Å². The smallest absolute Gasteiger partial charge is 0.219 e. The van der Waals surface area contributed by atoms with Gasteiger partial charge in [-0.3, -0.25) is 9.59 Å². The molecule has 4 atom stereocenters. The molecule has 2 saturated heterocycles. The molecule has 1 aliphatic carbocycles. The van der Waals surface area contributed by atoms with Gasteiger partial charge in [0.05, 0.1) is 17.5 Å². The number of aromatic nitrogens is 1. The quantitative estimate of drug-likeness (QED) is 0.247. The molecule has 1 aromatic heterocycles. The number of para-hydroxylation sites is 2. The first kappa shape index (κ1) is 21.8. The molecule has 182 valence electrons. The summed E-state index contributed by atoms with van der Waals surface area (Å²) in [6, 6.07) is 17.1. The van der Waals surface area contributed by atoms with Crippen LogP contribution in [0.5, 0.6) is 0 Å². The fourth-order valence-corrected chi connectivity index (χ4v) is 8.37. The molecule has 36 heavy (non-hydrogen) atoms. The number of ketones is 1. The van der Waals surface area contributed by atoms with Crippen molar-refractivity contribution in [3.63, 3.8) is 0 Å². The lowest BCUT2D eigenvalue weighted by Crippen LogP contribution is -2.64. The molecule has 0 saturated carbocycles. The number of hydrogen-bond donors (Lipinski definition) is 1.